The quantitative estimate of drug-likeness (QED) is 0.502. The number of hydrogen-bond acceptors (Lipinski definition) is 2. The van der Waals surface area contributed by atoms with Crippen LogP contribution in [0.15, 0.2) is 12.7 Å². The first kappa shape index (κ1) is 10.9. The largest absolute Gasteiger partial charge is 0.348 e. The molecule has 3 nitrogen and oxygen atoms in total. The second-order valence-corrected chi connectivity index (χ2v) is 3.69. The van der Waals surface area contributed by atoms with Crippen molar-refractivity contribution >= 4 is 12.2 Å². The van der Waals surface area contributed by atoms with E-state index in [0.717, 1.165) is 0 Å². The molecule has 0 aromatic heterocycles. The molecule has 0 bridgehead atoms. The smallest absolute Gasteiger partial charge is 0.207 e. The molecular formula is C9H15NO2. The van der Waals surface area contributed by atoms with E-state index in [1.807, 2.05) is 20.8 Å². The lowest BCUT2D eigenvalue weighted by Crippen LogP contribution is -2.45. The van der Waals surface area contributed by atoms with Gasteiger partial charge >= 0.3 is 0 Å². The molecule has 3 heteroatoms. The van der Waals surface area contributed by atoms with Crippen LogP contribution in [0, 0.1) is 5.41 Å². The number of ketones is 1. The summed E-state index contributed by atoms with van der Waals surface area (Å²) in [7, 11) is 0. The van der Waals surface area contributed by atoms with E-state index in [0.29, 0.717) is 6.41 Å². The number of nitrogens with one attached hydrogen (secondary N) is 1. The molecule has 0 fully saturated rings. The number of carbonyl (C=O) groups is 2. The normalized spacial score (nSPS) is 13.2. The van der Waals surface area contributed by atoms with E-state index in [4.69, 9.17) is 0 Å². The summed E-state index contributed by atoms with van der Waals surface area (Å²) in [5.74, 6) is -0.158. The number of amides is 1. The number of rotatable bonds is 4. The van der Waals surface area contributed by atoms with Crippen molar-refractivity contribution in [2.75, 3.05) is 0 Å². The van der Waals surface area contributed by atoms with Crippen molar-refractivity contribution in [1.29, 1.82) is 0 Å². The Balaban J connectivity index is 4.53. The van der Waals surface area contributed by atoms with Crippen molar-refractivity contribution in [3.8, 4) is 0 Å². The van der Waals surface area contributed by atoms with Crippen LogP contribution in [-0.2, 0) is 9.59 Å². The van der Waals surface area contributed by atoms with Gasteiger partial charge in [-0.25, -0.2) is 0 Å². The second kappa shape index (κ2) is 4.04. The Labute approximate surface area is 72.8 Å². The van der Waals surface area contributed by atoms with Gasteiger partial charge in [-0.1, -0.05) is 27.4 Å². The van der Waals surface area contributed by atoms with Crippen molar-refractivity contribution in [2.24, 2.45) is 5.41 Å². The monoisotopic (exact) mass is 169 g/mol. The van der Waals surface area contributed by atoms with E-state index < -0.39 is 6.04 Å². The average Bonchev–Trinajstić information content (AvgIpc) is 1.96. The molecule has 12 heavy (non-hydrogen) atoms. The molecule has 0 rings (SSSR count). The van der Waals surface area contributed by atoms with Gasteiger partial charge in [0.25, 0.3) is 0 Å². The summed E-state index contributed by atoms with van der Waals surface area (Å²) in [6.07, 6.45) is 1.77. The van der Waals surface area contributed by atoms with Crippen molar-refractivity contribution in [3.05, 3.63) is 12.7 Å². The molecule has 1 atom stereocenters. The Morgan fingerprint density at radius 1 is 1.50 bits per heavy atom. The van der Waals surface area contributed by atoms with Crippen LogP contribution >= 0.6 is 0 Å². The zero-order valence-electron chi connectivity index (χ0n) is 7.76. The number of carbonyl (C=O) groups excluding carboxylic acids is 2. The van der Waals surface area contributed by atoms with Gasteiger partial charge in [-0.05, 0) is 11.5 Å². The molecular weight excluding hydrogens is 154 g/mol. The van der Waals surface area contributed by atoms with Crippen LogP contribution in [0.5, 0.6) is 0 Å². The minimum Gasteiger partial charge on any atom is -0.348 e. The second-order valence-electron chi connectivity index (χ2n) is 3.69. The van der Waals surface area contributed by atoms with Gasteiger partial charge in [0.1, 0.15) is 0 Å². The predicted octanol–water partition coefficient (Wildman–Crippen LogP) is 0.902. The Morgan fingerprint density at radius 2 is 2.00 bits per heavy atom. The molecule has 0 heterocycles. The van der Waals surface area contributed by atoms with E-state index in [2.05, 4.69) is 11.9 Å². The molecule has 0 radical (unpaired) electrons. The molecule has 1 N–H and O–H groups in total. The Morgan fingerprint density at radius 3 is 2.25 bits per heavy atom. The highest BCUT2D eigenvalue weighted by Gasteiger charge is 2.28. The van der Waals surface area contributed by atoms with E-state index in [9.17, 15) is 9.59 Å². The standard InChI is InChI=1S/C9H15NO2/c1-5-7(12)8(10-6-11)9(2,3)4/h5-6,8H,1H2,2-4H3,(H,10,11). The third-order valence-electron chi connectivity index (χ3n) is 1.59. The summed E-state index contributed by atoms with van der Waals surface area (Å²) in [5, 5.41) is 2.47. The Bertz CT molecular complexity index is 191. The van der Waals surface area contributed by atoms with Crippen molar-refractivity contribution in [1.82, 2.24) is 5.32 Å². The summed E-state index contributed by atoms with van der Waals surface area (Å²) in [4.78, 5) is 21.4. The SMILES string of the molecule is C=CC(=O)C(NC=O)C(C)(C)C. The third-order valence-corrected chi connectivity index (χ3v) is 1.59. The molecule has 1 amide bonds. The minimum absolute atomic E-state index is 0.158. The molecule has 0 aliphatic heterocycles. The molecule has 0 aromatic rings. The molecule has 1 unspecified atom stereocenters. The van der Waals surface area contributed by atoms with Gasteiger partial charge in [-0.15, -0.1) is 0 Å². The van der Waals surface area contributed by atoms with Crippen LogP contribution < -0.4 is 5.32 Å². The summed E-state index contributed by atoms with van der Waals surface area (Å²) in [6.45, 7) is 9.03. The van der Waals surface area contributed by atoms with Crippen LogP contribution in [0.3, 0.4) is 0 Å². The minimum atomic E-state index is -0.479. The summed E-state index contributed by atoms with van der Waals surface area (Å²) in [6, 6.07) is -0.479. The fourth-order valence-electron chi connectivity index (χ4n) is 0.945. The molecule has 0 spiro atoms. The zero-order chi connectivity index (χ0) is 9.78. The van der Waals surface area contributed by atoms with Gasteiger partial charge in [0.15, 0.2) is 5.78 Å². The third kappa shape index (κ3) is 2.86. The van der Waals surface area contributed by atoms with E-state index in [-0.39, 0.29) is 11.2 Å². The molecule has 0 aromatic carbocycles. The summed E-state index contributed by atoms with van der Waals surface area (Å²) in [5.41, 5.74) is -0.272. The molecule has 68 valence electrons. The van der Waals surface area contributed by atoms with Gasteiger partial charge in [-0.3, -0.25) is 9.59 Å². The highest BCUT2D eigenvalue weighted by molar-refractivity contribution is 5.95. The number of hydrogen-bond donors (Lipinski definition) is 1. The maximum atomic E-state index is 11.2. The van der Waals surface area contributed by atoms with Gasteiger partial charge in [0.05, 0.1) is 6.04 Å². The van der Waals surface area contributed by atoms with E-state index >= 15 is 0 Å². The highest BCUT2D eigenvalue weighted by atomic mass is 16.1. The van der Waals surface area contributed by atoms with Gasteiger partial charge in [0, 0.05) is 0 Å². The van der Waals surface area contributed by atoms with E-state index in [1.54, 1.807) is 0 Å². The molecule has 0 aliphatic rings. The molecule has 0 saturated heterocycles. The fraction of sp³-hybridized carbons (Fsp3) is 0.556. The summed E-state index contributed by atoms with van der Waals surface area (Å²) >= 11 is 0. The molecule has 0 aliphatic carbocycles. The van der Waals surface area contributed by atoms with Gasteiger partial charge < -0.3 is 5.32 Å². The fourth-order valence-corrected chi connectivity index (χ4v) is 0.945. The van der Waals surface area contributed by atoms with Crippen LogP contribution in [0.25, 0.3) is 0 Å². The maximum absolute atomic E-state index is 11.2. The molecule has 0 saturated carbocycles. The Hall–Kier alpha value is -1.12. The first-order valence-corrected chi connectivity index (χ1v) is 3.79. The van der Waals surface area contributed by atoms with Crippen LogP contribution in [0.4, 0.5) is 0 Å². The average molecular weight is 169 g/mol. The first-order chi connectivity index (χ1) is 5.43. The summed E-state index contributed by atoms with van der Waals surface area (Å²) < 4.78 is 0. The lowest BCUT2D eigenvalue weighted by atomic mass is 9.84. The Kier molecular flexibility index (Phi) is 3.67. The van der Waals surface area contributed by atoms with Gasteiger partial charge in [-0.2, -0.15) is 0 Å². The maximum Gasteiger partial charge on any atom is 0.207 e. The predicted molar refractivity (Wildman–Crippen MR) is 47.6 cm³/mol. The van der Waals surface area contributed by atoms with Crippen LogP contribution in [-0.4, -0.2) is 18.2 Å². The van der Waals surface area contributed by atoms with Crippen LogP contribution in [0.2, 0.25) is 0 Å². The first-order valence-electron chi connectivity index (χ1n) is 3.79. The lowest BCUT2D eigenvalue weighted by molar-refractivity contribution is -0.122. The van der Waals surface area contributed by atoms with Crippen molar-refractivity contribution < 1.29 is 9.59 Å². The van der Waals surface area contributed by atoms with Gasteiger partial charge in [0.2, 0.25) is 6.41 Å². The zero-order valence-corrected chi connectivity index (χ0v) is 7.76. The topological polar surface area (TPSA) is 46.2 Å². The van der Waals surface area contributed by atoms with Crippen LogP contribution in [0.1, 0.15) is 20.8 Å². The van der Waals surface area contributed by atoms with Crippen molar-refractivity contribution in [2.45, 2.75) is 26.8 Å². The van der Waals surface area contributed by atoms with Crippen molar-refractivity contribution in [3.63, 3.8) is 0 Å². The highest BCUT2D eigenvalue weighted by Crippen LogP contribution is 2.19. The lowest BCUT2D eigenvalue weighted by Gasteiger charge is -2.27. The van der Waals surface area contributed by atoms with E-state index in [1.165, 1.54) is 6.08 Å².